The van der Waals surface area contributed by atoms with E-state index in [9.17, 15) is 0 Å². The largest absolute Gasteiger partial charge is 0.457 e. The summed E-state index contributed by atoms with van der Waals surface area (Å²) < 4.78 is 13.4. The number of unbranched alkanes of at least 4 members (excludes halogenated alkanes) is 11. The average Bonchev–Trinajstić information content (AvgIpc) is 2.89. The molecule has 0 atom stereocenters. The summed E-state index contributed by atoms with van der Waals surface area (Å²) in [4.78, 5) is 0. The summed E-state index contributed by atoms with van der Waals surface area (Å²) in [5.74, 6) is 3.41. The molecule has 3 aromatic carbocycles. The Morgan fingerprint density at radius 3 is 1.46 bits per heavy atom. The van der Waals surface area contributed by atoms with Crippen molar-refractivity contribution in [2.75, 3.05) is 0 Å². The number of hydrogen-bond acceptors (Lipinski definition) is 2. The van der Waals surface area contributed by atoms with Crippen LogP contribution in [0.15, 0.2) is 77.3 Å². The van der Waals surface area contributed by atoms with Crippen molar-refractivity contribution in [2.45, 2.75) is 90.4 Å². The monoisotopic (exact) mass is 536 g/mol. The third kappa shape index (κ3) is 10.1. The van der Waals surface area contributed by atoms with Gasteiger partial charge in [0.1, 0.15) is 23.0 Å². The molecule has 0 amide bonds. The number of para-hydroxylation sites is 2. The van der Waals surface area contributed by atoms with Gasteiger partial charge in [-0.2, -0.15) is 0 Å². The second kappa shape index (κ2) is 16.4. The predicted octanol–water partition coefficient (Wildman–Crippen LogP) is 11.3. The van der Waals surface area contributed by atoms with Gasteiger partial charge in [0, 0.05) is 5.56 Å². The van der Waals surface area contributed by atoms with Crippen molar-refractivity contribution >= 4 is 15.9 Å². The van der Waals surface area contributed by atoms with Crippen molar-refractivity contribution in [3.63, 3.8) is 0 Å². The number of hydrogen-bond donors (Lipinski definition) is 0. The molecule has 35 heavy (non-hydrogen) atoms. The van der Waals surface area contributed by atoms with Crippen LogP contribution in [0.1, 0.15) is 89.5 Å². The summed E-state index contributed by atoms with van der Waals surface area (Å²) in [5.41, 5.74) is 1.18. The molecule has 3 aromatic rings. The van der Waals surface area contributed by atoms with E-state index in [2.05, 4.69) is 22.9 Å². The molecule has 0 saturated carbocycles. The standard InChI is InChI=1S/C32H41BrO2/c1-2-3-4-5-6-7-8-9-10-11-12-19-24-29-30(34-27-20-15-13-16-21-27)25-26-31(32(29)33)35-28-22-17-14-18-23-28/h13-18,20-23,25-26H,2-12,19,24H2,1H3. The van der Waals surface area contributed by atoms with E-state index < -0.39 is 0 Å². The van der Waals surface area contributed by atoms with Gasteiger partial charge in [0.05, 0.1) is 4.47 Å². The van der Waals surface area contributed by atoms with Crippen LogP contribution in [0.25, 0.3) is 0 Å². The molecule has 2 nitrogen and oxygen atoms in total. The molecule has 0 aromatic heterocycles. The Balaban J connectivity index is 1.51. The predicted molar refractivity (Wildman–Crippen MR) is 152 cm³/mol. The quantitative estimate of drug-likeness (QED) is 0.159. The molecule has 0 heterocycles. The number of rotatable bonds is 17. The van der Waals surface area contributed by atoms with E-state index in [4.69, 9.17) is 9.47 Å². The molecule has 0 radical (unpaired) electrons. The van der Waals surface area contributed by atoms with E-state index in [1.807, 2.05) is 72.8 Å². The van der Waals surface area contributed by atoms with Crippen LogP contribution in [0.5, 0.6) is 23.0 Å². The normalized spacial score (nSPS) is 10.9. The van der Waals surface area contributed by atoms with E-state index in [-0.39, 0.29) is 0 Å². The fourth-order valence-corrected chi connectivity index (χ4v) is 4.97. The van der Waals surface area contributed by atoms with Gasteiger partial charge < -0.3 is 9.47 Å². The molecule has 0 N–H and O–H groups in total. The molecule has 188 valence electrons. The first kappa shape index (κ1) is 27.3. The van der Waals surface area contributed by atoms with E-state index in [1.54, 1.807) is 0 Å². The molecule has 0 aliphatic rings. The van der Waals surface area contributed by atoms with Gasteiger partial charge in [-0.3, -0.25) is 0 Å². The second-order valence-electron chi connectivity index (χ2n) is 9.32. The van der Waals surface area contributed by atoms with Crippen LogP contribution in [0, 0.1) is 0 Å². The Morgan fingerprint density at radius 1 is 0.514 bits per heavy atom. The first-order valence-electron chi connectivity index (χ1n) is 13.5. The Bertz CT molecular complexity index is 956. The fraction of sp³-hybridized carbons (Fsp3) is 0.438. The van der Waals surface area contributed by atoms with Crippen LogP contribution in [0.4, 0.5) is 0 Å². The first-order valence-corrected chi connectivity index (χ1v) is 14.3. The van der Waals surface area contributed by atoms with Crippen LogP contribution >= 0.6 is 15.9 Å². The highest BCUT2D eigenvalue weighted by atomic mass is 79.9. The van der Waals surface area contributed by atoms with Gasteiger partial charge in [0.25, 0.3) is 0 Å². The van der Waals surface area contributed by atoms with Crippen LogP contribution in [0.2, 0.25) is 0 Å². The van der Waals surface area contributed by atoms with Gasteiger partial charge in [0.15, 0.2) is 0 Å². The van der Waals surface area contributed by atoms with Crippen molar-refractivity contribution < 1.29 is 9.47 Å². The lowest BCUT2D eigenvalue weighted by molar-refractivity contribution is 0.459. The molecule has 3 rings (SSSR count). The van der Waals surface area contributed by atoms with Crippen molar-refractivity contribution in [1.82, 2.24) is 0 Å². The van der Waals surface area contributed by atoms with Crippen molar-refractivity contribution in [3.05, 3.63) is 82.8 Å². The summed E-state index contributed by atoms with van der Waals surface area (Å²) in [6.45, 7) is 2.28. The van der Waals surface area contributed by atoms with Crippen LogP contribution in [-0.2, 0) is 6.42 Å². The number of ether oxygens (including phenoxy) is 2. The van der Waals surface area contributed by atoms with E-state index in [0.717, 1.165) is 40.3 Å². The van der Waals surface area contributed by atoms with Gasteiger partial charge in [-0.25, -0.2) is 0 Å². The lowest BCUT2D eigenvalue weighted by Crippen LogP contribution is -1.97. The topological polar surface area (TPSA) is 18.5 Å². The Hall–Kier alpha value is -2.26. The van der Waals surface area contributed by atoms with E-state index >= 15 is 0 Å². The molecule has 0 unspecified atom stereocenters. The molecule has 0 fully saturated rings. The SMILES string of the molecule is CCCCCCCCCCCCCCc1c(Oc2ccccc2)ccc(Oc2ccccc2)c1Br. The van der Waals surface area contributed by atoms with E-state index in [0.29, 0.717) is 0 Å². The van der Waals surface area contributed by atoms with Crippen LogP contribution < -0.4 is 9.47 Å². The van der Waals surface area contributed by atoms with Crippen molar-refractivity contribution in [3.8, 4) is 23.0 Å². The van der Waals surface area contributed by atoms with Gasteiger partial charge in [-0.05, 0) is 65.2 Å². The maximum Gasteiger partial charge on any atom is 0.142 e. The third-order valence-electron chi connectivity index (χ3n) is 6.39. The highest BCUT2D eigenvalue weighted by Crippen LogP contribution is 2.40. The Labute approximate surface area is 221 Å². The lowest BCUT2D eigenvalue weighted by atomic mass is 10.0. The van der Waals surface area contributed by atoms with Crippen LogP contribution in [0.3, 0.4) is 0 Å². The van der Waals surface area contributed by atoms with E-state index in [1.165, 1.54) is 76.2 Å². The summed E-state index contributed by atoms with van der Waals surface area (Å²) in [6.07, 6.45) is 17.2. The fourth-order valence-electron chi connectivity index (χ4n) is 4.36. The molecule has 0 aliphatic carbocycles. The minimum Gasteiger partial charge on any atom is -0.457 e. The van der Waals surface area contributed by atoms with Gasteiger partial charge in [-0.1, -0.05) is 114 Å². The summed E-state index contributed by atoms with van der Waals surface area (Å²) >= 11 is 3.83. The molecular formula is C32H41BrO2. The molecule has 0 aliphatic heterocycles. The number of halogens is 1. The van der Waals surface area contributed by atoms with Crippen LogP contribution in [-0.4, -0.2) is 0 Å². The van der Waals surface area contributed by atoms with Gasteiger partial charge >= 0.3 is 0 Å². The zero-order chi connectivity index (χ0) is 24.6. The van der Waals surface area contributed by atoms with Crippen molar-refractivity contribution in [2.24, 2.45) is 0 Å². The third-order valence-corrected chi connectivity index (χ3v) is 7.26. The molecule has 0 spiro atoms. The Morgan fingerprint density at radius 2 is 0.943 bits per heavy atom. The second-order valence-corrected chi connectivity index (χ2v) is 10.1. The maximum atomic E-state index is 6.27. The van der Waals surface area contributed by atoms with Gasteiger partial charge in [0.2, 0.25) is 0 Å². The molecule has 3 heteroatoms. The molecular weight excluding hydrogens is 496 g/mol. The number of benzene rings is 3. The minimum absolute atomic E-state index is 0.825. The summed E-state index contributed by atoms with van der Waals surface area (Å²) in [5, 5.41) is 0. The van der Waals surface area contributed by atoms with Gasteiger partial charge in [-0.15, -0.1) is 0 Å². The molecule has 0 bridgehead atoms. The summed E-state index contributed by atoms with van der Waals surface area (Å²) in [7, 11) is 0. The zero-order valence-electron chi connectivity index (χ0n) is 21.3. The lowest BCUT2D eigenvalue weighted by Gasteiger charge is -2.16. The highest BCUT2D eigenvalue weighted by Gasteiger charge is 2.15. The first-order chi connectivity index (χ1) is 17.3. The van der Waals surface area contributed by atoms with Crippen molar-refractivity contribution in [1.29, 1.82) is 0 Å². The minimum atomic E-state index is 0.825. The molecule has 0 saturated heterocycles. The Kier molecular flexibility index (Phi) is 12.8. The maximum absolute atomic E-state index is 6.27. The smallest absolute Gasteiger partial charge is 0.142 e. The summed E-state index contributed by atoms with van der Waals surface area (Å²) in [6, 6.07) is 24.0. The average molecular weight is 538 g/mol. The highest BCUT2D eigenvalue weighted by molar-refractivity contribution is 9.10. The zero-order valence-corrected chi connectivity index (χ0v) is 22.9.